The largest absolute Gasteiger partial charge is 0.329 e. The second-order valence-corrected chi connectivity index (χ2v) is 5.48. The maximum Gasteiger partial charge on any atom is 0.0931 e. The zero-order valence-electron chi connectivity index (χ0n) is 8.59. The average molecular weight is 233 g/mol. The van der Waals surface area contributed by atoms with Crippen LogP contribution in [-0.4, -0.2) is 13.1 Å². The van der Waals surface area contributed by atoms with E-state index in [1.54, 1.807) is 11.3 Å². The molecular weight excluding hydrogens is 216 g/mol. The van der Waals surface area contributed by atoms with Crippen molar-refractivity contribution in [2.75, 3.05) is 13.1 Å². The zero-order valence-corrected chi connectivity index (χ0v) is 10.2. The summed E-state index contributed by atoms with van der Waals surface area (Å²) in [5.74, 6) is 0.638. The van der Waals surface area contributed by atoms with E-state index in [2.05, 4.69) is 19.2 Å². The molecule has 0 fully saturated rings. The molecular formula is C10H17ClN2S. The number of thiophene rings is 1. The zero-order chi connectivity index (χ0) is 10.6. The first-order chi connectivity index (χ1) is 6.63. The number of hydrogen-bond acceptors (Lipinski definition) is 3. The van der Waals surface area contributed by atoms with Gasteiger partial charge in [-0.15, -0.1) is 11.3 Å². The molecule has 0 bridgehead atoms. The maximum absolute atomic E-state index is 5.87. The Hall–Kier alpha value is -0.0900. The van der Waals surface area contributed by atoms with Crippen LogP contribution in [0.15, 0.2) is 12.1 Å². The Balaban J connectivity index is 2.54. The van der Waals surface area contributed by atoms with Gasteiger partial charge in [0.05, 0.1) is 10.4 Å². The van der Waals surface area contributed by atoms with E-state index in [1.807, 2.05) is 12.1 Å². The van der Waals surface area contributed by atoms with Gasteiger partial charge in [-0.25, -0.2) is 0 Å². The quantitative estimate of drug-likeness (QED) is 0.819. The lowest BCUT2D eigenvalue weighted by molar-refractivity contribution is 0.483. The standard InChI is InChI=1S/C10H17ClN2S/c1-7(2)6-13-8(5-12)9-3-4-10(11)14-9/h3-4,7-8,13H,5-6,12H2,1-2H3. The lowest BCUT2D eigenvalue weighted by Gasteiger charge is -2.16. The van der Waals surface area contributed by atoms with Crippen molar-refractivity contribution in [3.63, 3.8) is 0 Å². The molecule has 0 aliphatic rings. The van der Waals surface area contributed by atoms with Gasteiger partial charge < -0.3 is 11.1 Å². The first kappa shape index (κ1) is 12.0. The van der Waals surface area contributed by atoms with Crippen molar-refractivity contribution in [1.82, 2.24) is 5.32 Å². The fourth-order valence-corrected chi connectivity index (χ4v) is 2.34. The molecule has 3 N–H and O–H groups in total. The molecule has 0 radical (unpaired) electrons. The van der Waals surface area contributed by atoms with E-state index in [0.29, 0.717) is 12.5 Å². The molecule has 0 aliphatic heterocycles. The summed E-state index contributed by atoms with van der Waals surface area (Å²) in [4.78, 5) is 1.22. The van der Waals surface area contributed by atoms with Crippen LogP contribution in [0.4, 0.5) is 0 Å². The van der Waals surface area contributed by atoms with Gasteiger partial charge in [0.2, 0.25) is 0 Å². The van der Waals surface area contributed by atoms with E-state index in [9.17, 15) is 0 Å². The number of hydrogen-bond donors (Lipinski definition) is 2. The molecule has 1 aromatic rings. The third kappa shape index (κ3) is 3.58. The minimum absolute atomic E-state index is 0.245. The number of nitrogens with two attached hydrogens (primary N) is 1. The Morgan fingerprint density at radius 1 is 1.50 bits per heavy atom. The molecule has 14 heavy (non-hydrogen) atoms. The van der Waals surface area contributed by atoms with Crippen LogP contribution in [0, 0.1) is 5.92 Å². The SMILES string of the molecule is CC(C)CNC(CN)c1ccc(Cl)s1. The van der Waals surface area contributed by atoms with Gasteiger partial charge in [-0.3, -0.25) is 0 Å². The Labute approximate surface area is 94.5 Å². The monoisotopic (exact) mass is 232 g/mol. The summed E-state index contributed by atoms with van der Waals surface area (Å²) in [6, 6.07) is 4.20. The molecule has 0 saturated carbocycles. The van der Waals surface area contributed by atoms with Crippen molar-refractivity contribution in [2.24, 2.45) is 11.7 Å². The highest BCUT2D eigenvalue weighted by Gasteiger charge is 2.11. The Kier molecular flexibility index (Phi) is 4.89. The molecule has 0 spiro atoms. The van der Waals surface area contributed by atoms with E-state index in [-0.39, 0.29) is 6.04 Å². The van der Waals surface area contributed by atoms with Gasteiger partial charge in [-0.2, -0.15) is 0 Å². The van der Waals surface area contributed by atoms with E-state index in [4.69, 9.17) is 17.3 Å². The van der Waals surface area contributed by atoms with Crippen molar-refractivity contribution in [2.45, 2.75) is 19.9 Å². The van der Waals surface area contributed by atoms with Crippen LogP contribution in [0.3, 0.4) is 0 Å². The van der Waals surface area contributed by atoms with Gasteiger partial charge in [0.1, 0.15) is 0 Å². The highest BCUT2D eigenvalue weighted by atomic mass is 35.5. The van der Waals surface area contributed by atoms with Gasteiger partial charge in [0.15, 0.2) is 0 Å². The van der Waals surface area contributed by atoms with E-state index >= 15 is 0 Å². The van der Waals surface area contributed by atoms with Crippen LogP contribution in [0.2, 0.25) is 4.34 Å². The second-order valence-electron chi connectivity index (χ2n) is 3.73. The third-order valence-corrected chi connectivity index (χ3v) is 3.29. The fourth-order valence-electron chi connectivity index (χ4n) is 1.19. The highest BCUT2D eigenvalue weighted by molar-refractivity contribution is 7.16. The van der Waals surface area contributed by atoms with Crippen LogP contribution in [-0.2, 0) is 0 Å². The summed E-state index contributed by atoms with van der Waals surface area (Å²) >= 11 is 7.47. The Bertz CT molecular complexity index is 273. The molecule has 0 aliphatic carbocycles. The minimum atomic E-state index is 0.245. The molecule has 4 heteroatoms. The molecule has 0 aromatic carbocycles. The van der Waals surface area contributed by atoms with Crippen LogP contribution in [0.1, 0.15) is 24.8 Å². The first-order valence-electron chi connectivity index (χ1n) is 4.82. The van der Waals surface area contributed by atoms with E-state index in [0.717, 1.165) is 10.9 Å². The van der Waals surface area contributed by atoms with Crippen LogP contribution >= 0.6 is 22.9 Å². The summed E-state index contributed by atoms with van der Waals surface area (Å²) in [6.45, 7) is 5.96. The molecule has 1 rings (SSSR count). The number of halogens is 1. The summed E-state index contributed by atoms with van der Waals surface area (Å²) in [7, 11) is 0. The second kappa shape index (κ2) is 5.71. The van der Waals surface area contributed by atoms with Crippen LogP contribution in [0.25, 0.3) is 0 Å². The van der Waals surface area contributed by atoms with Crippen LogP contribution < -0.4 is 11.1 Å². The molecule has 0 saturated heterocycles. The van der Waals surface area contributed by atoms with Gasteiger partial charge in [0, 0.05) is 11.4 Å². The van der Waals surface area contributed by atoms with E-state index < -0.39 is 0 Å². The van der Waals surface area contributed by atoms with Crippen molar-refractivity contribution in [3.8, 4) is 0 Å². The van der Waals surface area contributed by atoms with Gasteiger partial charge in [-0.05, 0) is 24.6 Å². The summed E-state index contributed by atoms with van der Waals surface area (Å²) in [6.07, 6.45) is 0. The summed E-state index contributed by atoms with van der Waals surface area (Å²) in [5.41, 5.74) is 5.70. The molecule has 0 amide bonds. The number of nitrogens with one attached hydrogen (secondary N) is 1. The van der Waals surface area contributed by atoms with Gasteiger partial charge >= 0.3 is 0 Å². The van der Waals surface area contributed by atoms with Crippen molar-refractivity contribution in [1.29, 1.82) is 0 Å². The summed E-state index contributed by atoms with van der Waals surface area (Å²) < 4.78 is 0.824. The lowest BCUT2D eigenvalue weighted by atomic mass is 10.2. The van der Waals surface area contributed by atoms with Crippen LogP contribution in [0.5, 0.6) is 0 Å². The van der Waals surface area contributed by atoms with Crippen molar-refractivity contribution >= 4 is 22.9 Å². The predicted octanol–water partition coefficient (Wildman–Crippen LogP) is 2.65. The number of rotatable bonds is 5. The fraction of sp³-hybridized carbons (Fsp3) is 0.600. The molecule has 1 unspecified atom stereocenters. The topological polar surface area (TPSA) is 38.0 Å². The molecule has 80 valence electrons. The highest BCUT2D eigenvalue weighted by Crippen LogP contribution is 2.26. The molecule has 1 aromatic heterocycles. The average Bonchev–Trinajstić information content (AvgIpc) is 2.53. The Morgan fingerprint density at radius 3 is 2.64 bits per heavy atom. The summed E-state index contributed by atoms with van der Waals surface area (Å²) in [5, 5.41) is 3.43. The maximum atomic E-state index is 5.87. The normalized spacial score (nSPS) is 13.5. The molecule has 2 nitrogen and oxygen atoms in total. The van der Waals surface area contributed by atoms with Crippen molar-refractivity contribution < 1.29 is 0 Å². The van der Waals surface area contributed by atoms with Crippen molar-refractivity contribution in [3.05, 3.63) is 21.3 Å². The lowest BCUT2D eigenvalue weighted by Crippen LogP contribution is -2.30. The Morgan fingerprint density at radius 2 is 2.21 bits per heavy atom. The molecule has 1 heterocycles. The van der Waals surface area contributed by atoms with Gasteiger partial charge in [0.25, 0.3) is 0 Å². The van der Waals surface area contributed by atoms with Gasteiger partial charge in [-0.1, -0.05) is 25.4 Å². The first-order valence-corrected chi connectivity index (χ1v) is 6.01. The minimum Gasteiger partial charge on any atom is -0.329 e. The smallest absolute Gasteiger partial charge is 0.0931 e. The molecule has 1 atom stereocenters. The third-order valence-electron chi connectivity index (χ3n) is 1.95. The van der Waals surface area contributed by atoms with E-state index in [1.165, 1.54) is 4.88 Å². The predicted molar refractivity (Wildman–Crippen MR) is 64.0 cm³/mol.